The van der Waals surface area contributed by atoms with Crippen LogP contribution in [0.3, 0.4) is 0 Å². The minimum absolute atomic E-state index is 0.238. The van der Waals surface area contributed by atoms with E-state index in [1.807, 2.05) is 30.3 Å². The van der Waals surface area contributed by atoms with Crippen molar-refractivity contribution in [3.05, 3.63) is 77.9 Å². The molecular weight excluding hydrogens is 286 g/mol. The van der Waals surface area contributed by atoms with Crippen molar-refractivity contribution in [1.82, 2.24) is 5.32 Å². The Balaban J connectivity index is 1.45. The normalized spacial score (nSPS) is 19.9. The van der Waals surface area contributed by atoms with Gasteiger partial charge in [-0.25, -0.2) is 0 Å². The molecule has 1 aliphatic carbocycles. The first-order valence-electron chi connectivity index (χ1n) is 8.12. The second-order valence-electron chi connectivity index (χ2n) is 5.97. The van der Waals surface area contributed by atoms with Gasteiger partial charge < -0.3 is 15.2 Å². The third-order valence-corrected chi connectivity index (χ3v) is 4.15. The van der Waals surface area contributed by atoms with Gasteiger partial charge in [-0.05, 0) is 29.7 Å². The molecule has 0 saturated carbocycles. The molecule has 0 radical (unpaired) electrons. The smallest absolute Gasteiger partial charge is 0.119 e. The highest BCUT2D eigenvalue weighted by Crippen LogP contribution is 2.18. The lowest BCUT2D eigenvalue weighted by atomic mass is 10.1. The van der Waals surface area contributed by atoms with Crippen LogP contribution in [0.5, 0.6) is 5.75 Å². The van der Waals surface area contributed by atoms with Crippen LogP contribution in [-0.2, 0) is 13.2 Å². The Labute approximate surface area is 137 Å². The molecule has 0 unspecified atom stereocenters. The van der Waals surface area contributed by atoms with E-state index in [4.69, 9.17) is 9.84 Å². The molecule has 0 aliphatic heterocycles. The molecule has 2 N–H and O–H groups in total. The zero-order valence-corrected chi connectivity index (χ0v) is 13.2. The molecule has 3 nitrogen and oxygen atoms in total. The molecule has 3 heteroatoms. The lowest BCUT2D eigenvalue weighted by molar-refractivity contribution is 0.246. The number of ether oxygens (including phenoxy) is 1. The van der Waals surface area contributed by atoms with Crippen molar-refractivity contribution in [2.75, 3.05) is 6.61 Å². The van der Waals surface area contributed by atoms with E-state index in [0.717, 1.165) is 18.7 Å². The van der Waals surface area contributed by atoms with E-state index in [0.29, 0.717) is 18.6 Å². The summed E-state index contributed by atoms with van der Waals surface area (Å²) in [7, 11) is 0. The van der Waals surface area contributed by atoms with Crippen LogP contribution in [0.25, 0.3) is 0 Å². The van der Waals surface area contributed by atoms with Gasteiger partial charge in [0, 0.05) is 25.1 Å². The Bertz CT molecular complexity index is 622. The van der Waals surface area contributed by atoms with Gasteiger partial charge in [-0.3, -0.25) is 0 Å². The summed E-state index contributed by atoms with van der Waals surface area (Å²) >= 11 is 0. The van der Waals surface area contributed by atoms with Crippen molar-refractivity contribution < 1.29 is 9.84 Å². The van der Waals surface area contributed by atoms with Crippen molar-refractivity contribution in [2.24, 2.45) is 5.92 Å². The first-order chi connectivity index (χ1) is 11.3. The maximum Gasteiger partial charge on any atom is 0.119 e. The number of hydrogen-bond donors (Lipinski definition) is 2. The zero-order valence-electron chi connectivity index (χ0n) is 13.2. The van der Waals surface area contributed by atoms with Crippen molar-refractivity contribution in [2.45, 2.75) is 25.6 Å². The monoisotopic (exact) mass is 309 g/mol. The number of nitrogens with one attached hydrogen (secondary N) is 1. The summed E-state index contributed by atoms with van der Waals surface area (Å²) in [4.78, 5) is 0. The molecule has 0 spiro atoms. The maximum atomic E-state index is 9.14. The Morgan fingerprint density at radius 2 is 1.74 bits per heavy atom. The van der Waals surface area contributed by atoms with Crippen molar-refractivity contribution in [3.8, 4) is 5.75 Å². The predicted octanol–water partition coefficient (Wildman–Crippen LogP) is 3.29. The predicted molar refractivity (Wildman–Crippen MR) is 92.2 cm³/mol. The minimum atomic E-state index is 0.238. The van der Waals surface area contributed by atoms with Gasteiger partial charge in [-0.2, -0.15) is 0 Å². The van der Waals surface area contributed by atoms with Gasteiger partial charge in [-0.15, -0.1) is 0 Å². The van der Waals surface area contributed by atoms with Gasteiger partial charge in [0.2, 0.25) is 0 Å². The Kier molecular flexibility index (Phi) is 5.46. The fourth-order valence-corrected chi connectivity index (χ4v) is 2.75. The highest BCUT2D eigenvalue weighted by molar-refractivity contribution is 5.28. The Hall–Kier alpha value is -2.10. The van der Waals surface area contributed by atoms with Gasteiger partial charge in [0.1, 0.15) is 12.4 Å². The van der Waals surface area contributed by atoms with Crippen molar-refractivity contribution >= 4 is 0 Å². The average Bonchev–Trinajstić information content (AvgIpc) is 3.08. The van der Waals surface area contributed by atoms with Gasteiger partial charge >= 0.3 is 0 Å². The fraction of sp³-hybridized carbons (Fsp3) is 0.300. The summed E-state index contributed by atoms with van der Waals surface area (Å²) in [6, 6.07) is 18.8. The fourth-order valence-electron chi connectivity index (χ4n) is 2.75. The van der Waals surface area contributed by atoms with E-state index in [1.54, 1.807) is 0 Å². The molecule has 0 saturated heterocycles. The second-order valence-corrected chi connectivity index (χ2v) is 5.97. The standard InChI is InChI=1S/C20H23NO2/c22-14-18-6-9-19(12-18)21-13-16-7-10-20(11-8-16)23-15-17-4-2-1-3-5-17/h1-11,18-19,21-22H,12-15H2/t18-,19+/m0/s1. The van der Waals surface area contributed by atoms with Gasteiger partial charge in [-0.1, -0.05) is 54.6 Å². The number of benzene rings is 2. The SMILES string of the molecule is OC[C@H]1C=C[C@@H](NCc2ccc(OCc3ccccc3)cc2)C1. The van der Waals surface area contributed by atoms with E-state index >= 15 is 0 Å². The van der Waals surface area contributed by atoms with E-state index in [-0.39, 0.29) is 6.61 Å². The molecule has 2 aromatic rings. The summed E-state index contributed by atoms with van der Waals surface area (Å²) in [6.45, 7) is 1.65. The highest BCUT2D eigenvalue weighted by atomic mass is 16.5. The summed E-state index contributed by atoms with van der Waals surface area (Å²) in [6.07, 6.45) is 5.23. The van der Waals surface area contributed by atoms with Crippen LogP contribution >= 0.6 is 0 Å². The second kappa shape index (κ2) is 7.95. The molecule has 0 amide bonds. The lowest BCUT2D eigenvalue weighted by Crippen LogP contribution is -2.26. The Morgan fingerprint density at radius 3 is 2.43 bits per heavy atom. The number of aliphatic hydroxyl groups excluding tert-OH is 1. The largest absolute Gasteiger partial charge is 0.489 e. The van der Waals surface area contributed by atoms with Crippen LogP contribution in [-0.4, -0.2) is 17.8 Å². The average molecular weight is 309 g/mol. The lowest BCUT2D eigenvalue weighted by Gasteiger charge is -2.13. The molecule has 120 valence electrons. The summed E-state index contributed by atoms with van der Waals surface area (Å²) < 4.78 is 5.79. The van der Waals surface area contributed by atoms with E-state index in [2.05, 4.69) is 41.7 Å². The highest BCUT2D eigenvalue weighted by Gasteiger charge is 2.17. The van der Waals surface area contributed by atoms with E-state index in [9.17, 15) is 0 Å². The molecule has 2 aromatic carbocycles. The molecule has 0 bridgehead atoms. The first kappa shape index (κ1) is 15.8. The molecule has 3 rings (SSSR count). The first-order valence-corrected chi connectivity index (χ1v) is 8.12. The van der Waals surface area contributed by atoms with E-state index in [1.165, 1.54) is 11.1 Å². The third kappa shape index (κ3) is 4.68. The molecule has 0 fully saturated rings. The van der Waals surface area contributed by atoms with Crippen LogP contribution in [0.2, 0.25) is 0 Å². The van der Waals surface area contributed by atoms with E-state index < -0.39 is 0 Å². The van der Waals surface area contributed by atoms with Gasteiger partial charge in [0.15, 0.2) is 0 Å². The zero-order chi connectivity index (χ0) is 15.9. The van der Waals surface area contributed by atoms with Crippen LogP contribution < -0.4 is 10.1 Å². The molecule has 1 aliphatic rings. The molecule has 23 heavy (non-hydrogen) atoms. The van der Waals surface area contributed by atoms with Gasteiger partial charge in [0.05, 0.1) is 0 Å². The van der Waals surface area contributed by atoms with Gasteiger partial charge in [0.25, 0.3) is 0 Å². The van der Waals surface area contributed by atoms with Crippen molar-refractivity contribution in [3.63, 3.8) is 0 Å². The quantitative estimate of drug-likeness (QED) is 0.771. The summed E-state index contributed by atoms with van der Waals surface area (Å²) in [5.41, 5.74) is 2.41. The van der Waals surface area contributed by atoms with Crippen LogP contribution in [0.15, 0.2) is 66.7 Å². The topological polar surface area (TPSA) is 41.5 Å². The van der Waals surface area contributed by atoms with Crippen LogP contribution in [0.1, 0.15) is 17.5 Å². The van der Waals surface area contributed by atoms with Crippen LogP contribution in [0.4, 0.5) is 0 Å². The summed E-state index contributed by atoms with van der Waals surface area (Å²) in [5, 5.41) is 12.6. The molecule has 0 heterocycles. The van der Waals surface area contributed by atoms with Crippen molar-refractivity contribution in [1.29, 1.82) is 0 Å². The van der Waals surface area contributed by atoms with Crippen LogP contribution in [0, 0.1) is 5.92 Å². The molecular formula is C20H23NO2. The summed E-state index contributed by atoms with van der Waals surface area (Å²) in [5.74, 6) is 1.19. The molecule has 2 atom stereocenters. The maximum absolute atomic E-state index is 9.14. The number of rotatable bonds is 7. The number of hydrogen-bond acceptors (Lipinski definition) is 3. The Morgan fingerprint density at radius 1 is 0.957 bits per heavy atom. The minimum Gasteiger partial charge on any atom is -0.489 e. The number of aliphatic hydroxyl groups is 1. The third-order valence-electron chi connectivity index (χ3n) is 4.15. The molecule has 0 aromatic heterocycles.